The summed E-state index contributed by atoms with van der Waals surface area (Å²) in [4.78, 5) is 39.6. The van der Waals surface area contributed by atoms with Crippen molar-refractivity contribution in [2.45, 2.75) is 37.4 Å². The minimum atomic E-state index is -1.28. The highest BCUT2D eigenvalue weighted by Crippen LogP contribution is 2.46. The van der Waals surface area contributed by atoms with Gasteiger partial charge in [-0.1, -0.05) is 121 Å². The Kier molecular flexibility index (Phi) is 12.7. The van der Waals surface area contributed by atoms with Crippen molar-refractivity contribution in [2.24, 2.45) is 0 Å². The largest absolute Gasteiger partial charge is 0.503 e. The number of amides is 1. The van der Waals surface area contributed by atoms with Gasteiger partial charge in [-0.2, -0.15) is 0 Å². The predicted molar refractivity (Wildman–Crippen MR) is 187 cm³/mol. The summed E-state index contributed by atoms with van der Waals surface area (Å²) in [7, 11) is 0. The predicted octanol–water partition coefficient (Wildman–Crippen LogP) is 7.16. The van der Waals surface area contributed by atoms with Crippen LogP contribution in [0.25, 0.3) is 0 Å². The number of hydrogen-bond acceptors (Lipinski definition) is 10. The van der Waals surface area contributed by atoms with E-state index in [2.05, 4.69) is 5.32 Å². The molecule has 256 valence electrons. The summed E-state index contributed by atoms with van der Waals surface area (Å²) in [5.41, 5.74) is 2.88. The van der Waals surface area contributed by atoms with Crippen molar-refractivity contribution in [3.8, 4) is 17.2 Å². The second-order valence-electron chi connectivity index (χ2n) is 10.9. The molecule has 1 atom stereocenters. The molecule has 5 rings (SSSR count). The average molecular weight is 694 g/mol. The molecule has 5 aromatic rings. The summed E-state index contributed by atoms with van der Waals surface area (Å²) >= 11 is 0.838. The number of esters is 2. The zero-order valence-corrected chi connectivity index (χ0v) is 27.7. The van der Waals surface area contributed by atoms with Gasteiger partial charge < -0.3 is 34.5 Å². The molecule has 50 heavy (non-hydrogen) atoms. The fraction of sp³-hybridized carbons (Fsp3) is 0.154. The maximum atomic E-state index is 13.5. The van der Waals surface area contributed by atoms with Crippen LogP contribution in [0.4, 0.5) is 4.79 Å². The Labute approximate surface area is 293 Å². The SMILES string of the molecule is O=C(N[C@@H](CSc1c(C(=O)OCc2ccccc2)cc(OCc2ccccc2)c(O)c1O)C(=O)OCc1ccccc1)OCc1ccccc1. The number of alkyl carbamates (subject to hydrolysis) is 1. The number of rotatable bonds is 15. The summed E-state index contributed by atoms with van der Waals surface area (Å²) in [6.45, 7) is -0.113. The molecular formula is C39H35NO9S. The summed E-state index contributed by atoms with van der Waals surface area (Å²) in [6.07, 6.45) is -0.879. The topological polar surface area (TPSA) is 141 Å². The van der Waals surface area contributed by atoms with Gasteiger partial charge in [-0.3, -0.25) is 0 Å². The van der Waals surface area contributed by atoms with Gasteiger partial charge in [-0.05, 0) is 28.3 Å². The van der Waals surface area contributed by atoms with Gasteiger partial charge in [0.2, 0.25) is 5.75 Å². The smallest absolute Gasteiger partial charge is 0.408 e. The average Bonchev–Trinajstić information content (AvgIpc) is 3.16. The van der Waals surface area contributed by atoms with Gasteiger partial charge in [0.25, 0.3) is 0 Å². The minimum absolute atomic E-state index is 0.0396. The number of phenolic OH excluding ortho intramolecular Hbond substituents is 2. The fourth-order valence-corrected chi connectivity index (χ4v) is 5.72. The number of nitrogens with one attached hydrogen (secondary N) is 1. The zero-order chi connectivity index (χ0) is 35.1. The highest BCUT2D eigenvalue weighted by molar-refractivity contribution is 7.99. The van der Waals surface area contributed by atoms with E-state index in [-0.39, 0.29) is 48.4 Å². The van der Waals surface area contributed by atoms with Crippen molar-refractivity contribution in [3.05, 3.63) is 155 Å². The van der Waals surface area contributed by atoms with Crippen molar-refractivity contribution >= 4 is 29.8 Å². The van der Waals surface area contributed by atoms with Gasteiger partial charge in [0.15, 0.2) is 11.5 Å². The number of carbonyl (C=O) groups is 3. The molecule has 0 aliphatic heterocycles. The number of phenols is 2. The van der Waals surface area contributed by atoms with E-state index in [1.54, 1.807) is 72.8 Å². The van der Waals surface area contributed by atoms with Crippen molar-refractivity contribution in [2.75, 3.05) is 5.75 Å². The van der Waals surface area contributed by atoms with Gasteiger partial charge in [0.05, 0.1) is 10.5 Å². The number of aromatic hydroxyl groups is 2. The van der Waals surface area contributed by atoms with Crippen molar-refractivity contribution in [1.82, 2.24) is 5.32 Å². The van der Waals surface area contributed by atoms with Crippen LogP contribution in [0.15, 0.2) is 132 Å². The Morgan fingerprint density at radius 2 is 1.06 bits per heavy atom. The molecule has 5 aromatic carbocycles. The van der Waals surface area contributed by atoms with E-state index in [4.69, 9.17) is 18.9 Å². The van der Waals surface area contributed by atoms with Crippen molar-refractivity contribution in [3.63, 3.8) is 0 Å². The van der Waals surface area contributed by atoms with Crippen LogP contribution in [0.2, 0.25) is 0 Å². The molecule has 0 radical (unpaired) electrons. The Hall–Kier alpha value is -5.94. The first-order chi connectivity index (χ1) is 24.4. The molecule has 10 nitrogen and oxygen atoms in total. The first-order valence-corrected chi connectivity index (χ1v) is 16.6. The molecule has 0 aliphatic rings. The van der Waals surface area contributed by atoms with Gasteiger partial charge in [0.1, 0.15) is 32.5 Å². The second-order valence-corrected chi connectivity index (χ2v) is 12.0. The molecule has 0 unspecified atom stereocenters. The van der Waals surface area contributed by atoms with Crippen LogP contribution in [0.5, 0.6) is 17.2 Å². The number of hydrogen-bond donors (Lipinski definition) is 3. The Morgan fingerprint density at radius 3 is 1.58 bits per heavy atom. The lowest BCUT2D eigenvalue weighted by molar-refractivity contribution is -0.146. The minimum Gasteiger partial charge on any atom is -0.503 e. The molecule has 3 N–H and O–H groups in total. The molecule has 0 spiro atoms. The van der Waals surface area contributed by atoms with E-state index < -0.39 is 35.6 Å². The highest BCUT2D eigenvalue weighted by atomic mass is 32.2. The Bertz CT molecular complexity index is 1860. The van der Waals surface area contributed by atoms with Crippen molar-refractivity contribution < 1.29 is 43.5 Å². The van der Waals surface area contributed by atoms with Gasteiger partial charge in [-0.25, -0.2) is 14.4 Å². The van der Waals surface area contributed by atoms with E-state index in [0.29, 0.717) is 0 Å². The highest BCUT2D eigenvalue weighted by Gasteiger charge is 2.29. The molecule has 0 aliphatic carbocycles. The van der Waals surface area contributed by atoms with E-state index in [1.807, 2.05) is 48.5 Å². The summed E-state index contributed by atoms with van der Waals surface area (Å²) in [5, 5.41) is 24.7. The molecule has 0 aromatic heterocycles. The monoisotopic (exact) mass is 693 g/mol. The number of thioether (sulfide) groups is 1. The first kappa shape index (κ1) is 35.4. The van der Waals surface area contributed by atoms with Crippen LogP contribution >= 0.6 is 11.8 Å². The molecule has 0 heterocycles. The molecule has 11 heteroatoms. The summed E-state index contributed by atoms with van der Waals surface area (Å²) in [5.74, 6) is -3.22. The third kappa shape index (κ3) is 10.3. The zero-order valence-electron chi connectivity index (χ0n) is 26.9. The quantitative estimate of drug-likeness (QED) is 0.0448. The van der Waals surface area contributed by atoms with E-state index in [1.165, 1.54) is 6.07 Å². The lowest BCUT2D eigenvalue weighted by atomic mass is 10.1. The third-order valence-electron chi connectivity index (χ3n) is 7.27. The van der Waals surface area contributed by atoms with E-state index in [0.717, 1.165) is 34.0 Å². The molecular weight excluding hydrogens is 658 g/mol. The summed E-state index contributed by atoms with van der Waals surface area (Å²) in [6, 6.07) is 36.2. The number of ether oxygens (including phenoxy) is 4. The molecule has 0 fully saturated rings. The fourth-order valence-electron chi connectivity index (χ4n) is 4.63. The van der Waals surface area contributed by atoms with Crippen LogP contribution in [-0.4, -0.2) is 40.0 Å². The van der Waals surface area contributed by atoms with Crippen LogP contribution in [0.3, 0.4) is 0 Å². The lowest BCUT2D eigenvalue weighted by Gasteiger charge is -2.20. The Balaban J connectivity index is 1.37. The lowest BCUT2D eigenvalue weighted by Crippen LogP contribution is -2.43. The summed E-state index contributed by atoms with van der Waals surface area (Å²) < 4.78 is 22.2. The van der Waals surface area contributed by atoms with Crippen LogP contribution < -0.4 is 10.1 Å². The van der Waals surface area contributed by atoms with E-state index >= 15 is 0 Å². The van der Waals surface area contributed by atoms with Crippen LogP contribution in [0, 0.1) is 0 Å². The number of carbonyl (C=O) groups excluding carboxylic acids is 3. The molecule has 0 saturated heterocycles. The third-order valence-corrected chi connectivity index (χ3v) is 8.47. The standard InChI is InChI=1S/C39H35NO9S/c41-34-33(46-22-27-13-5-1-6-14-27)21-31(37(43)47-23-28-15-7-2-8-16-28)36(35(34)42)50-26-32(38(44)48-24-29-17-9-3-10-18-29)40-39(45)49-25-30-19-11-4-12-20-30/h1-21,32,41-42H,22-26H2,(H,40,45)/t32-/m0/s1. The number of benzene rings is 5. The molecule has 0 bridgehead atoms. The first-order valence-electron chi connectivity index (χ1n) is 15.6. The molecule has 0 saturated carbocycles. The normalized spacial score (nSPS) is 11.2. The van der Waals surface area contributed by atoms with E-state index in [9.17, 15) is 24.6 Å². The molecule has 1 amide bonds. The van der Waals surface area contributed by atoms with Crippen LogP contribution in [-0.2, 0) is 45.4 Å². The van der Waals surface area contributed by atoms with Gasteiger partial charge >= 0.3 is 18.0 Å². The van der Waals surface area contributed by atoms with Crippen molar-refractivity contribution in [1.29, 1.82) is 0 Å². The maximum absolute atomic E-state index is 13.5. The van der Waals surface area contributed by atoms with Crippen LogP contribution in [0.1, 0.15) is 32.6 Å². The maximum Gasteiger partial charge on any atom is 0.408 e. The Morgan fingerprint density at radius 1 is 0.600 bits per heavy atom. The second kappa shape index (κ2) is 18.0. The van der Waals surface area contributed by atoms with Gasteiger partial charge in [0, 0.05) is 5.75 Å². The van der Waals surface area contributed by atoms with Gasteiger partial charge in [-0.15, -0.1) is 11.8 Å².